The van der Waals surface area contributed by atoms with Crippen molar-refractivity contribution in [3.63, 3.8) is 0 Å². The van der Waals surface area contributed by atoms with Gasteiger partial charge < -0.3 is 0 Å². The third kappa shape index (κ3) is 2.09. The molecule has 1 radical (unpaired) electrons. The van der Waals surface area contributed by atoms with E-state index in [0.29, 0.717) is 5.02 Å². The Morgan fingerprint density at radius 3 is 2.43 bits per heavy atom. The molecule has 0 aliphatic heterocycles. The van der Waals surface area contributed by atoms with Crippen molar-refractivity contribution in [3.05, 3.63) is 58.6 Å². The van der Waals surface area contributed by atoms with Crippen LogP contribution < -0.4 is 0 Å². The molecule has 0 heterocycles. The van der Waals surface area contributed by atoms with Gasteiger partial charge in [0.05, 0.1) is 0 Å². The van der Waals surface area contributed by atoms with Gasteiger partial charge in [-0.1, -0.05) is 41.4 Å². The highest BCUT2D eigenvalue weighted by molar-refractivity contribution is 6.31. The van der Waals surface area contributed by atoms with Crippen LogP contribution >= 0.6 is 23.2 Å². The van der Waals surface area contributed by atoms with Gasteiger partial charge in [-0.05, 0) is 35.4 Å². The van der Waals surface area contributed by atoms with E-state index in [2.05, 4.69) is 6.07 Å². The zero-order chi connectivity index (χ0) is 9.97. The first kappa shape index (κ1) is 9.57. The first-order valence-corrected chi connectivity index (χ1v) is 4.94. The van der Waals surface area contributed by atoms with E-state index >= 15 is 0 Å². The predicted molar refractivity (Wildman–Crippen MR) is 60.7 cm³/mol. The third-order valence-electron chi connectivity index (χ3n) is 1.93. The minimum atomic E-state index is 0.621. The van der Waals surface area contributed by atoms with Gasteiger partial charge in [0.1, 0.15) is 0 Å². The van der Waals surface area contributed by atoms with Crippen LogP contribution in [0.15, 0.2) is 42.5 Å². The summed E-state index contributed by atoms with van der Waals surface area (Å²) in [5.74, 6) is 0. The Kier molecular flexibility index (Phi) is 2.76. The molecule has 2 aromatic rings. The maximum Gasteiger partial charge on any atom is 0.0485 e. The first-order valence-electron chi connectivity index (χ1n) is 4.19. The standard InChI is InChI=1S/C12H7Cl2/c13-11-6-4-9(5-7-11)10-2-1-3-12(14)8-10/h1-6,8H. The van der Waals surface area contributed by atoms with Crippen LogP contribution in [0, 0.1) is 6.07 Å². The summed E-state index contributed by atoms with van der Waals surface area (Å²) in [6.45, 7) is 0. The molecule has 0 amide bonds. The average Bonchev–Trinajstić information content (AvgIpc) is 2.19. The molecule has 14 heavy (non-hydrogen) atoms. The van der Waals surface area contributed by atoms with Crippen LogP contribution in [0.3, 0.4) is 0 Å². The summed E-state index contributed by atoms with van der Waals surface area (Å²) in [7, 11) is 0. The highest BCUT2D eigenvalue weighted by atomic mass is 35.5. The van der Waals surface area contributed by atoms with Gasteiger partial charge in [0.2, 0.25) is 0 Å². The summed E-state index contributed by atoms with van der Waals surface area (Å²) in [6, 6.07) is 16.3. The van der Waals surface area contributed by atoms with Crippen molar-refractivity contribution in [2.75, 3.05) is 0 Å². The smallest absolute Gasteiger partial charge is 0.0485 e. The fraction of sp³-hybridized carbons (Fsp3) is 0. The number of halogens is 2. The summed E-state index contributed by atoms with van der Waals surface area (Å²) in [6.07, 6.45) is 0. The molecule has 69 valence electrons. The lowest BCUT2D eigenvalue weighted by molar-refractivity contribution is 1.61. The highest BCUT2D eigenvalue weighted by Gasteiger charge is 1.97. The molecule has 0 fully saturated rings. The maximum absolute atomic E-state index is 5.89. The molecule has 0 aliphatic carbocycles. The molecule has 2 heteroatoms. The van der Waals surface area contributed by atoms with Gasteiger partial charge in [0.25, 0.3) is 0 Å². The van der Waals surface area contributed by atoms with Crippen LogP contribution in [0.1, 0.15) is 0 Å². The van der Waals surface area contributed by atoms with E-state index in [1.807, 2.05) is 42.5 Å². The van der Waals surface area contributed by atoms with E-state index < -0.39 is 0 Å². The van der Waals surface area contributed by atoms with E-state index in [-0.39, 0.29) is 0 Å². The lowest BCUT2D eigenvalue weighted by Gasteiger charge is -2.01. The SMILES string of the molecule is Clc1[c]cc(-c2cccc(Cl)c2)cc1. The molecule has 0 unspecified atom stereocenters. The fourth-order valence-corrected chi connectivity index (χ4v) is 1.56. The molecule has 2 aromatic carbocycles. The normalized spacial score (nSPS) is 10.1. The highest BCUT2D eigenvalue weighted by Crippen LogP contribution is 2.23. The van der Waals surface area contributed by atoms with Gasteiger partial charge in [0.15, 0.2) is 0 Å². The second kappa shape index (κ2) is 4.04. The molecule has 0 N–H and O–H groups in total. The second-order valence-electron chi connectivity index (χ2n) is 2.94. The van der Waals surface area contributed by atoms with Gasteiger partial charge in [0, 0.05) is 16.1 Å². The lowest BCUT2D eigenvalue weighted by Crippen LogP contribution is -1.76. The maximum atomic E-state index is 5.89. The topological polar surface area (TPSA) is 0 Å². The van der Waals surface area contributed by atoms with Gasteiger partial charge >= 0.3 is 0 Å². The average molecular weight is 222 g/mol. The summed E-state index contributed by atoms with van der Waals surface area (Å²) in [5.41, 5.74) is 2.14. The van der Waals surface area contributed by atoms with Crippen LogP contribution in [0.2, 0.25) is 10.0 Å². The van der Waals surface area contributed by atoms with Crippen molar-refractivity contribution >= 4 is 23.2 Å². The lowest BCUT2D eigenvalue weighted by atomic mass is 10.1. The van der Waals surface area contributed by atoms with Gasteiger partial charge in [-0.15, -0.1) is 0 Å². The van der Waals surface area contributed by atoms with E-state index in [9.17, 15) is 0 Å². The van der Waals surface area contributed by atoms with Gasteiger partial charge in [-0.2, -0.15) is 0 Å². The van der Waals surface area contributed by atoms with Crippen LogP contribution in [-0.4, -0.2) is 0 Å². The summed E-state index contributed by atoms with van der Waals surface area (Å²) in [4.78, 5) is 0. The van der Waals surface area contributed by atoms with E-state index in [1.54, 1.807) is 0 Å². The quantitative estimate of drug-likeness (QED) is 0.668. The van der Waals surface area contributed by atoms with Crippen LogP contribution in [0.5, 0.6) is 0 Å². The van der Waals surface area contributed by atoms with Crippen LogP contribution in [-0.2, 0) is 0 Å². The van der Waals surface area contributed by atoms with Gasteiger partial charge in [-0.3, -0.25) is 0 Å². The van der Waals surface area contributed by atoms with Crippen molar-refractivity contribution < 1.29 is 0 Å². The Labute approximate surface area is 93.1 Å². The molecule has 0 saturated carbocycles. The number of rotatable bonds is 1. The Morgan fingerprint density at radius 2 is 1.79 bits per heavy atom. The minimum absolute atomic E-state index is 0.621. The molecule has 0 aliphatic rings. The molecule has 2 rings (SSSR count). The summed E-state index contributed by atoms with van der Waals surface area (Å²) in [5, 5.41) is 1.35. The van der Waals surface area contributed by atoms with Gasteiger partial charge in [-0.25, -0.2) is 0 Å². The molecule has 0 atom stereocenters. The summed E-state index contributed by atoms with van der Waals surface area (Å²) < 4.78 is 0. The van der Waals surface area contributed by atoms with Crippen LogP contribution in [0.25, 0.3) is 11.1 Å². The largest absolute Gasteiger partial charge is 0.0843 e. The van der Waals surface area contributed by atoms with E-state index in [4.69, 9.17) is 23.2 Å². The molecule has 0 nitrogen and oxygen atoms in total. The molecule has 0 saturated heterocycles. The zero-order valence-electron chi connectivity index (χ0n) is 7.30. The molecule has 0 spiro atoms. The number of hydrogen-bond donors (Lipinski definition) is 0. The monoisotopic (exact) mass is 221 g/mol. The Bertz CT molecular complexity index is 432. The summed E-state index contributed by atoms with van der Waals surface area (Å²) >= 11 is 11.6. The predicted octanol–water partition coefficient (Wildman–Crippen LogP) is 4.46. The van der Waals surface area contributed by atoms with Crippen molar-refractivity contribution in [3.8, 4) is 11.1 Å². The minimum Gasteiger partial charge on any atom is -0.0843 e. The van der Waals surface area contributed by atoms with Crippen LogP contribution in [0.4, 0.5) is 0 Å². The third-order valence-corrected chi connectivity index (χ3v) is 2.40. The van der Waals surface area contributed by atoms with Crippen molar-refractivity contribution in [1.82, 2.24) is 0 Å². The molecule has 0 aromatic heterocycles. The molecule has 0 bridgehead atoms. The first-order chi connectivity index (χ1) is 6.75. The fourth-order valence-electron chi connectivity index (χ4n) is 1.25. The van der Waals surface area contributed by atoms with E-state index in [1.165, 1.54) is 0 Å². The van der Waals surface area contributed by atoms with Crippen molar-refractivity contribution in [2.45, 2.75) is 0 Å². The number of benzene rings is 2. The zero-order valence-corrected chi connectivity index (χ0v) is 8.81. The molecular formula is C12H7Cl2. The van der Waals surface area contributed by atoms with Crippen molar-refractivity contribution in [2.24, 2.45) is 0 Å². The Morgan fingerprint density at radius 1 is 0.929 bits per heavy atom. The second-order valence-corrected chi connectivity index (χ2v) is 3.78. The number of hydrogen-bond acceptors (Lipinski definition) is 0. The molecular weight excluding hydrogens is 215 g/mol. The van der Waals surface area contributed by atoms with E-state index in [0.717, 1.165) is 16.1 Å². The Balaban J connectivity index is 2.44. The van der Waals surface area contributed by atoms with Crippen molar-refractivity contribution in [1.29, 1.82) is 0 Å². The Hall–Kier alpha value is -0.980.